The van der Waals surface area contributed by atoms with Gasteiger partial charge in [-0.15, -0.1) is 0 Å². The van der Waals surface area contributed by atoms with Crippen LogP contribution >= 0.6 is 0 Å². The van der Waals surface area contributed by atoms with Crippen LogP contribution in [0.1, 0.15) is 19.7 Å². The molecule has 136 valence electrons. The number of carbonyl (C=O) groups excluding carboxylic acids is 1. The third-order valence-corrected chi connectivity index (χ3v) is 4.38. The molecule has 0 amide bonds. The van der Waals surface area contributed by atoms with Crippen LogP contribution in [0.15, 0.2) is 4.79 Å². The molecule has 3 rings (SSSR count). The van der Waals surface area contributed by atoms with Crippen LogP contribution in [0.3, 0.4) is 0 Å². The Hall–Kier alpha value is -2.42. The number of fused-ring (bicyclic) bond motifs is 1. The fourth-order valence-corrected chi connectivity index (χ4v) is 3.10. The van der Waals surface area contributed by atoms with Gasteiger partial charge >= 0.3 is 5.97 Å². The molecule has 3 heterocycles. The summed E-state index contributed by atoms with van der Waals surface area (Å²) in [7, 11) is 1.63. The fraction of sp³-hybridized carbons (Fsp3) is 0.625. The number of anilines is 1. The Morgan fingerprint density at radius 1 is 1.24 bits per heavy atom. The Kier molecular flexibility index (Phi) is 5.03. The van der Waals surface area contributed by atoms with Gasteiger partial charge in [0.2, 0.25) is 5.95 Å². The second-order valence-corrected chi connectivity index (χ2v) is 5.94. The number of hydrogen-bond acceptors (Lipinski definition) is 7. The number of aromatic nitrogens is 4. The molecule has 0 saturated carbocycles. The number of esters is 1. The number of nitrogens with zero attached hydrogens (tertiary/aromatic N) is 5. The smallest absolute Gasteiger partial charge is 0.313 e. The Bertz CT molecular complexity index is 834. The molecule has 1 N–H and O–H groups in total. The van der Waals surface area contributed by atoms with Crippen LogP contribution in [0.2, 0.25) is 0 Å². The van der Waals surface area contributed by atoms with Crippen molar-refractivity contribution in [2.45, 2.75) is 26.8 Å². The first-order valence-corrected chi connectivity index (χ1v) is 8.64. The van der Waals surface area contributed by atoms with Crippen LogP contribution in [0.25, 0.3) is 11.2 Å². The van der Waals surface area contributed by atoms with Crippen molar-refractivity contribution in [2.24, 2.45) is 7.05 Å². The third-order valence-electron chi connectivity index (χ3n) is 4.38. The lowest BCUT2D eigenvalue weighted by molar-refractivity contribution is -0.142. The molecule has 9 heteroatoms. The molecule has 2 aromatic rings. The fourth-order valence-electron chi connectivity index (χ4n) is 3.10. The first-order valence-electron chi connectivity index (χ1n) is 8.64. The van der Waals surface area contributed by atoms with Crippen molar-refractivity contribution in [3.8, 4) is 0 Å². The van der Waals surface area contributed by atoms with E-state index in [2.05, 4.69) is 20.2 Å². The molecule has 2 aromatic heterocycles. The van der Waals surface area contributed by atoms with Gasteiger partial charge < -0.3 is 19.5 Å². The van der Waals surface area contributed by atoms with Crippen LogP contribution < -0.4 is 15.8 Å². The second kappa shape index (κ2) is 7.22. The zero-order chi connectivity index (χ0) is 18.0. The molecule has 1 saturated heterocycles. The molecule has 0 radical (unpaired) electrons. The molecule has 0 unspecified atom stereocenters. The summed E-state index contributed by atoms with van der Waals surface area (Å²) in [6, 6.07) is 0. The first-order chi connectivity index (χ1) is 12.1. The van der Waals surface area contributed by atoms with E-state index in [-0.39, 0.29) is 12.0 Å². The molecule has 1 aliphatic heterocycles. The number of imidazole rings is 1. The van der Waals surface area contributed by atoms with Gasteiger partial charge in [0.05, 0.1) is 6.61 Å². The highest BCUT2D eigenvalue weighted by Crippen LogP contribution is 2.20. The summed E-state index contributed by atoms with van der Waals surface area (Å²) in [5, 5.41) is 3.31. The van der Waals surface area contributed by atoms with Crippen molar-refractivity contribution in [3.05, 3.63) is 16.2 Å². The first kappa shape index (κ1) is 17.4. The molecule has 0 aliphatic carbocycles. The van der Waals surface area contributed by atoms with E-state index >= 15 is 0 Å². The molecule has 0 atom stereocenters. The quantitative estimate of drug-likeness (QED) is 0.739. The SMILES string of the molecule is CCOC(=O)Cc1nc2nc(N3CCNCC3)n(CC)c2c(=O)n1C. The molecule has 0 spiro atoms. The van der Waals surface area contributed by atoms with Crippen molar-refractivity contribution < 1.29 is 9.53 Å². The van der Waals surface area contributed by atoms with Crippen molar-refractivity contribution in [3.63, 3.8) is 0 Å². The number of ether oxygens (including phenoxy) is 1. The lowest BCUT2D eigenvalue weighted by atomic mass is 10.3. The van der Waals surface area contributed by atoms with Gasteiger partial charge in [0.15, 0.2) is 11.2 Å². The Balaban J connectivity index is 2.08. The van der Waals surface area contributed by atoms with E-state index in [1.165, 1.54) is 4.57 Å². The normalized spacial score (nSPS) is 14.9. The number of piperazine rings is 1. The van der Waals surface area contributed by atoms with Crippen LogP contribution in [0.5, 0.6) is 0 Å². The van der Waals surface area contributed by atoms with E-state index in [0.29, 0.717) is 30.1 Å². The highest BCUT2D eigenvalue weighted by Gasteiger charge is 2.23. The Morgan fingerprint density at radius 3 is 2.60 bits per heavy atom. The maximum Gasteiger partial charge on any atom is 0.313 e. The average Bonchev–Trinajstić information content (AvgIpc) is 2.99. The molecule has 0 aromatic carbocycles. The zero-order valence-electron chi connectivity index (χ0n) is 14.9. The number of hydrogen-bond donors (Lipinski definition) is 1. The minimum absolute atomic E-state index is 0.0442. The zero-order valence-corrected chi connectivity index (χ0v) is 14.9. The molecule has 0 bridgehead atoms. The molecular weight excluding hydrogens is 324 g/mol. The molecule has 1 fully saturated rings. The average molecular weight is 348 g/mol. The summed E-state index contributed by atoms with van der Waals surface area (Å²) >= 11 is 0. The largest absolute Gasteiger partial charge is 0.466 e. The van der Waals surface area contributed by atoms with E-state index in [4.69, 9.17) is 4.74 Å². The van der Waals surface area contributed by atoms with E-state index in [9.17, 15) is 9.59 Å². The van der Waals surface area contributed by atoms with E-state index in [0.717, 1.165) is 32.1 Å². The van der Waals surface area contributed by atoms with Crippen LogP contribution in [-0.2, 0) is 29.5 Å². The Morgan fingerprint density at radius 2 is 1.96 bits per heavy atom. The maximum atomic E-state index is 12.8. The predicted octanol–water partition coefficient (Wildman–Crippen LogP) is -0.335. The van der Waals surface area contributed by atoms with Crippen LogP contribution in [0.4, 0.5) is 5.95 Å². The van der Waals surface area contributed by atoms with Crippen LogP contribution in [0, 0.1) is 0 Å². The lowest BCUT2D eigenvalue weighted by Gasteiger charge is -2.28. The van der Waals surface area contributed by atoms with Gasteiger partial charge in [-0.05, 0) is 13.8 Å². The summed E-state index contributed by atoms with van der Waals surface area (Å²) in [5.74, 6) is 0.724. The highest BCUT2D eigenvalue weighted by atomic mass is 16.5. The number of rotatable bonds is 5. The van der Waals surface area contributed by atoms with Crippen molar-refractivity contribution in [1.29, 1.82) is 0 Å². The number of aryl methyl sites for hydroxylation is 1. The summed E-state index contributed by atoms with van der Waals surface area (Å²) in [6.45, 7) is 8.09. The van der Waals surface area contributed by atoms with Crippen molar-refractivity contribution in [2.75, 3.05) is 37.7 Å². The summed E-state index contributed by atoms with van der Waals surface area (Å²) < 4.78 is 8.28. The number of carbonyl (C=O) groups is 1. The van der Waals surface area contributed by atoms with Crippen LogP contribution in [-0.4, -0.2) is 57.9 Å². The van der Waals surface area contributed by atoms with Gasteiger partial charge in [-0.3, -0.25) is 14.2 Å². The third kappa shape index (κ3) is 3.23. The summed E-state index contributed by atoms with van der Waals surface area (Å²) in [6.07, 6.45) is -0.0442. The maximum absolute atomic E-state index is 12.8. The van der Waals surface area contributed by atoms with E-state index in [1.54, 1.807) is 14.0 Å². The van der Waals surface area contributed by atoms with Gasteiger partial charge in [-0.2, -0.15) is 4.98 Å². The minimum atomic E-state index is -0.401. The monoisotopic (exact) mass is 348 g/mol. The molecule has 1 aliphatic rings. The molecule has 25 heavy (non-hydrogen) atoms. The van der Waals surface area contributed by atoms with Crippen molar-refractivity contribution >= 4 is 23.1 Å². The standard InChI is InChI=1S/C16H24N6O3/c1-4-22-13-14(19-16(22)21-8-6-17-7-9-21)18-11(20(3)15(13)24)10-12(23)25-5-2/h17H,4-10H2,1-3H3. The van der Waals surface area contributed by atoms with Crippen molar-refractivity contribution in [1.82, 2.24) is 24.4 Å². The summed E-state index contributed by atoms with van der Waals surface area (Å²) in [4.78, 5) is 35.8. The van der Waals surface area contributed by atoms with E-state index in [1.807, 2.05) is 11.5 Å². The molecule has 9 nitrogen and oxygen atoms in total. The molecular formula is C16H24N6O3. The summed E-state index contributed by atoms with van der Waals surface area (Å²) in [5.41, 5.74) is 0.670. The van der Waals surface area contributed by atoms with Gasteiger partial charge in [-0.1, -0.05) is 0 Å². The minimum Gasteiger partial charge on any atom is -0.466 e. The van der Waals surface area contributed by atoms with Gasteiger partial charge in [0, 0.05) is 39.8 Å². The lowest BCUT2D eigenvalue weighted by Crippen LogP contribution is -2.44. The number of nitrogens with one attached hydrogen (secondary N) is 1. The highest BCUT2D eigenvalue weighted by molar-refractivity contribution is 5.76. The second-order valence-electron chi connectivity index (χ2n) is 5.94. The predicted molar refractivity (Wildman–Crippen MR) is 93.9 cm³/mol. The van der Waals surface area contributed by atoms with E-state index < -0.39 is 5.97 Å². The van der Waals surface area contributed by atoms with Gasteiger partial charge in [-0.25, -0.2) is 4.98 Å². The van der Waals surface area contributed by atoms with Gasteiger partial charge in [0.1, 0.15) is 12.2 Å². The topological polar surface area (TPSA) is 94.3 Å². The van der Waals surface area contributed by atoms with Gasteiger partial charge in [0.25, 0.3) is 5.56 Å². The Labute approximate surface area is 145 Å².